The number of esters is 4. The van der Waals surface area contributed by atoms with E-state index in [2.05, 4.69) is 55.4 Å². The molecule has 0 amide bonds. The minimum absolute atomic E-state index is 0.105. The number of carbonyl (C=O) groups excluding carboxylic acids is 4. The van der Waals surface area contributed by atoms with Crippen molar-refractivity contribution >= 4 is 39.5 Å². The molecule has 0 saturated heterocycles. The van der Waals surface area contributed by atoms with E-state index in [1.54, 1.807) is 0 Å². The van der Waals surface area contributed by atoms with Crippen LogP contribution in [-0.2, 0) is 65.4 Å². The summed E-state index contributed by atoms with van der Waals surface area (Å²) in [5.74, 6) is 1.01. The zero-order valence-corrected chi connectivity index (χ0v) is 65.5. The summed E-state index contributed by atoms with van der Waals surface area (Å²) in [5, 5.41) is 10.6. The first-order valence-electron chi connectivity index (χ1n) is 40.3. The van der Waals surface area contributed by atoms with E-state index >= 15 is 0 Å². The van der Waals surface area contributed by atoms with Crippen LogP contribution in [0.25, 0.3) is 0 Å². The minimum Gasteiger partial charge on any atom is -0.462 e. The Labute approximate surface area is 594 Å². The van der Waals surface area contributed by atoms with Crippen LogP contribution in [0.4, 0.5) is 0 Å². The van der Waals surface area contributed by atoms with Gasteiger partial charge in [-0.2, -0.15) is 0 Å². The molecule has 3 N–H and O–H groups in total. The maximum atomic E-state index is 13.1. The van der Waals surface area contributed by atoms with Gasteiger partial charge in [0.15, 0.2) is 12.2 Å². The second kappa shape index (κ2) is 67.2. The maximum absolute atomic E-state index is 13.1. The smallest absolute Gasteiger partial charge is 0.462 e. The van der Waals surface area contributed by atoms with Crippen LogP contribution >= 0.6 is 15.6 Å². The molecule has 0 radical (unpaired) electrons. The van der Waals surface area contributed by atoms with Crippen molar-refractivity contribution in [2.45, 2.75) is 414 Å². The van der Waals surface area contributed by atoms with Crippen molar-refractivity contribution in [3.05, 3.63) is 0 Å². The lowest BCUT2D eigenvalue weighted by Gasteiger charge is -2.21. The summed E-state index contributed by atoms with van der Waals surface area (Å²) in [6.07, 6.45) is 52.6. The summed E-state index contributed by atoms with van der Waals surface area (Å²) in [6.45, 7) is 14.2. The van der Waals surface area contributed by atoms with Crippen molar-refractivity contribution < 1.29 is 80.2 Å². The lowest BCUT2D eigenvalue weighted by molar-refractivity contribution is -0.161. The van der Waals surface area contributed by atoms with Crippen LogP contribution in [0.15, 0.2) is 0 Å². The van der Waals surface area contributed by atoms with E-state index in [9.17, 15) is 43.2 Å². The predicted octanol–water partition coefficient (Wildman–Crippen LogP) is 22.8. The molecule has 97 heavy (non-hydrogen) atoms. The molecule has 0 fully saturated rings. The predicted molar refractivity (Wildman–Crippen MR) is 395 cm³/mol. The number of aliphatic hydroxyl groups is 1. The van der Waals surface area contributed by atoms with Crippen molar-refractivity contribution in [2.75, 3.05) is 39.6 Å². The maximum Gasteiger partial charge on any atom is 0.472 e. The standard InChI is InChI=1S/C78H152O17P2/c1-9-70(7)56-48-40-32-24-19-21-26-34-42-50-58-75(80)88-64-73(94-77(82)60-52-44-35-27-18-16-14-12-11-13-15-17-23-30-38-46-54-68(3)4)66-92-96(84,85)90-62-72(79)63-91-97(86,87)93-67-74(65-89-76(81)59-51-43-37-29-31-39-47-55-69(5)6)95-78(83)61-53-45-36-28-22-20-25-33-41-49-57-71(8)10-2/h68-74,79H,9-67H2,1-8H3,(H,84,85)(H,86,87)/t70?,71?,72?,73-,74-/m1/s1. The van der Waals surface area contributed by atoms with E-state index in [1.165, 1.54) is 193 Å². The molecule has 0 aliphatic rings. The van der Waals surface area contributed by atoms with E-state index < -0.39 is 97.5 Å². The molecule has 0 aromatic rings. The number of phosphoric ester groups is 2. The van der Waals surface area contributed by atoms with Crippen LogP contribution in [0.1, 0.15) is 396 Å². The number of unbranched alkanes of at least 4 members (excludes halogenated alkanes) is 39. The lowest BCUT2D eigenvalue weighted by Crippen LogP contribution is -2.30. The summed E-state index contributed by atoms with van der Waals surface area (Å²) in [6, 6.07) is 0. The van der Waals surface area contributed by atoms with Gasteiger partial charge in [0.2, 0.25) is 0 Å². The first kappa shape index (κ1) is 95.1. The Balaban J connectivity index is 5.25. The first-order valence-corrected chi connectivity index (χ1v) is 43.3. The summed E-state index contributed by atoms with van der Waals surface area (Å²) in [4.78, 5) is 72.9. The van der Waals surface area contributed by atoms with E-state index in [1.807, 2.05) is 0 Å². The minimum atomic E-state index is -4.96. The van der Waals surface area contributed by atoms with E-state index in [4.69, 9.17) is 37.0 Å². The molecule has 0 heterocycles. The molecule has 17 nitrogen and oxygen atoms in total. The van der Waals surface area contributed by atoms with Crippen molar-refractivity contribution in [1.82, 2.24) is 0 Å². The highest BCUT2D eigenvalue weighted by Gasteiger charge is 2.30. The molecule has 5 unspecified atom stereocenters. The van der Waals surface area contributed by atoms with Gasteiger partial charge in [-0.25, -0.2) is 9.13 Å². The summed E-state index contributed by atoms with van der Waals surface area (Å²) < 4.78 is 68.6. The number of ether oxygens (including phenoxy) is 4. The van der Waals surface area contributed by atoms with Gasteiger partial charge in [-0.1, -0.05) is 344 Å². The van der Waals surface area contributed by atoms with Crippen LogP contribution in [0.3, 0.4) is 0 Å². The Hall–Kier alpha value is -1.94. The fourth-order valence-corrected chi connectivity index (χ4v) is 13.4. The molecule has 0 bridgehead atoms. The Morgan fingerprint density at radius 3 is 0.732 bits per heavy atom. The highest BCUT2D eigenvalue weighted by molar-refractivity contribution is 7.47. The fraction of sp³-hybridized carbons (Fsp3) is 0.949. The Bertz CT molecular complexity index is 1910. The molecule has 7 atom stereocenters. The second-order valence-electron chi connectivity index (χ2n) is 29.5. The molecule has 576 valence electrons. The first-order chi connectivity index (χ1) is 46.7. The molecule has 0 spiro atoms. The topological polar surface area (TPSA) is 237 Å². The van der Waals surface area contributed by atoms with Crippen molar-refractivity contribution in [3.8, 4) is 0 Å². The molecule has 0 saturated carbocycles. The Morgan fingerprint density at radius 2 is 0.495 bits per heavy atom. The lowest BCUT2D eigenvalue weighted by atomic mass is 9.99. The third-order valence-electron chi connectivity index (χ3n) is 18.8. The van der Waals surface area contributed by atoms with Crippen molar-refractivity contribution in [1.29, 1.82) is 0 Å². The quantitative estimate of drug-likeness (QED) is 0.0222. The number of hydrogen-bond donors (Lipinski definition) is 3. The van der Waals surface area contributed by atoms with Gasteiger partial charge in [-0.15, -0.1) is 0 Å². The number of rotatable bonds is 75. The van der Waals surface area contributed by atoms with E-state index in [0.717, 1.165) is 114 Å². The zero-order chi connectivity index (χ0) is 71.7. The second-order valence-corrected chi connectivity index (χ2v) is 32.4. The largest absolute Gasteiger partial charge is 0.472 e. The zero-order valence-electron chi connectivity index (χ0n) is 63.7. The van der Waals surface area contributed by atoms with Gasteiger partial charge in [0.1, 0.15) is 19.3 Å². The highest BCUT2D eigenvalue weighted by Crippen LogP contribution is 2.45. The summed E-state index contributed by atoms with van der Waals surface area (Å²) in [7, 11) is -9.92. The van der Waals surface area contributed by atoms with Gasteiger partial charge in [0.05, 0.1) is 26.4 Å². The number of aliphatic hydroxyl groups excluding tert-OH is 1. The van der Waals surface area contributed by atoms with Gasteiger partial charge < -0.3 is 33.8 Å². The van der Waals surface area contributed by atoms with E-state index in [-0.39, 0.29) is 25.7 Å². The third kappa shape index (κ3) is 69.5. The summed E-state index contributed by atoms with van der Waals surface area (Å²) in [5.41, 5.74) is 0. The normalized spacial score (nSPS) is 14.6. The molecule has 19 heteroatoms. The third-order valence-corrected chi connectivity index (χ3v) is 20.7. The molecule has 0 aromatic heterocycles. The molecule has 0 aliphatic heterocycles. The van der Waals surface area contributed by atoms with Gasteiger partial charge in [0.25, 0.3) is 0 Å². The molecular formula is C78H152O17P2. The van der Waals surface area contributed by atoms with Crippen LogP contribution in [0.5, 0.6) is 0 Å². The number of carbonyl (C=O) groups is 4. The monoisotopic (exact) mass is 1420 g/mol. The molecule has 0 aromatic carbocycles. The van der Waals surface area contributed by atoms with Crippen molar-refractivity contribution in [3.63, 3.8) is 0 Å². The van der Waals surface area contributed by atoms with Crippen LogP contribution in [0, 0.1) is 23.7 Å². The SMILES string of the molecule is CCC(C)CCCCCCCCCCCCC(=O)OC[C@H](COP(=O)(O)OCC(O)COP(=O)(O)OC[C@@H](COC(=O)CCCCCCCCCC(C)C)OC(=O)CCCCCCCCCCCCC(C)CC)OC(=O)CCCCCCCCCCCCCCCCCCC(C)C. The summed E-state index contributed by atoms with van der Waals surface area (Å²) >= 11 is 0. The van der Waals surface area contributed by atoms with Gasteiger partial charge in [-0.3, -0.25) is 37.3 Å². The van der Waals surface area contributed by atoms with Gasteiger partial charge in [0, 0.05) is 25.7 Å². The van der Waals surface area contributed by atoms with Gasteiger partial charge in [-0.05, 0) is 49.4 Å². The Morgan fingerprint density at radius 1 is 0.289 bits per heavy atom. The number of hydrogen-bond acceptors (Lipinski definition) is 15. The van der Waals surface area contributed by atoms with E-state index in [0.29, 0.717) is 31.6 Å². The highest BCUT2D eigenvalue weighted by atomic mass is 31.2. The average Bonchev–Trinajstić information content (AvgIpc) is 1.16. The van der Waals surface area contributed by atoms with Crippen molar-refractivity contribution in [2.24, 2.45) is 23.7 Å². The average molecular weight is 1420 g/mol. The fourth-order valence-electron chi connectivity index (χ4n) is 11.8. The van der Waals surface area contributed by atoms with Crippen LogP contribution in [0.2, 0.25) is 0 Å². The molecule has 0 rings (SSSR count). The van der Waals surface area contributed by atoms with Crippen LogP contribution in [-0.4, -0.2) is 96.7 Å². The molecule has 0 aliphatic carbocycles. The van der Waals surface area contributed by atoms with Gasteiger partial charge >= 0.3 is 39.5 Å². The Kier molecular flexibility index (Phi) is 65.9. The van der Waals surface area contributed by atoms with Crippen LogP contribution < -0.4 is 0 Å². The molecular weight excluding hydrogens is 1270 g/mol. The number of phosphoric acid groups is 2.